The maximum absolute atomic E-state index is 14.2. The zero-order valence-electron chi connectivity index (χ0n) is 13.7. The summed E-state index contributed by atoms with van der Waals surface area (Å²) in [4.78, 5) is 8.85. The van der Waals surface area contributed by atoms with Crippen molar-refractivity contribution in [3.05, 3.63) is 41.1 Å². The van der Waals surface area contributed by atoms with Crippen molar-refractivity contribution in [3.8, 4) is 23.1 Å². The first-order valence-electron chi connectivity index (χ1n) is 7.76. The second kappa shape index (κ2) is 7.09. The van der Waals surface area contributed by atoms with Crippen LogP contribution in [0, 0.1) is 17.1 Å². The summed E-state index contributed by atoms with van der Waals surface area (Å²) in [5.74, 6) is -3.73. The molecule has 0 spiro atoms. The van der Waals surface area contributed by atoms with Crippen molar-refractivity contribution in [3.63, 3.8) is 0 Å². The van der Waals surface area contributed by atoms with E-state index in [1.807, 2.05) is 6.07 Å². The number of likely N-dealkylation sites (tertiary alicyclic amines) is 1. The van der Waals surface area contributed by atoms with Crippen LogP contribution in [0.5, 0.6) is 5.75 Å². The maximum Gasteiger partial charge on any atom is 0.296 e. The number of nitrogens with zero attached hydrogens (tertiary/aromatic N) is 4. The Balaban J connectivity index is 1.91. The number of ether oxygens (including phenoxy) is 1. The number of hydrogen-bond donors (Lipinski definition) is 0. The summed E-state index contributed by atoms with van der Waals surface area (Å²) < 4.78 is 47.6. The molecular weight excluding hydrogens is 369 g/mol. The summed E-state index contributed by atoms with van der Waals surface area (Å²) >= 11 is 5.68. The molecule has 2 aromatic rings. The van der Waals surface area contributed by atoms with Gasteiger partial charge in [0.15, 0.2) is 11.9 Å². The molecule has 26 heavy (non-hydrogen) atoms. The molecule has 1 aliphatic heterocycles. The van der Waals surface area contributed by atoms with Crippen LogP contribution in [0.2, 0.25) is 5.28 Å². The molecule has 0 saturated carbocycles. The lowest BCUT2D eigenvalue weighted by atomic mass is 10.0. The quantitative estimate of drug-likeness (QED) is 0.760. The molecular formula is C17H14ClF3N4O. The second-order valence-electron chi connectivity index (χ2n) is 6.05. The molecule has 1 aromatic carbocycles. The minimum absolute atomic E-state index is 0.00589. The van der Waals surface area contributed by atoms with Crippen molar-refractivity contribution < 1.29 is 17.9 Å². The minimum atomic E-state index is -3.04. The monoisotopic (exact) mass is 382 g/mol. The molecule has 5 nitrogen and oxygen atoms in total. The number of hydrogen-bond acceptors (Lipinski definition) is 5. The van der Waals surface area contributed by atoms with Crippen LogP contribution in [0.1, 0.15) is 12.0 Å². The van der Waals surface area contributed by atoms with Crippen LogP contribution >= 0.6 is 11.6 Å². The predicted octanol–water partition coefficient (Wildman–Crippen LogP) is 3.53. The second-order valence-corrected chi connectivity index (χ2v) is 6.39. The highest BCUT2D eigenvalue weighted by Crippen LogP contribution is 2.33. The Morgan fingerprint density at radius 3 is 2.88 bits per heavy atom. The third-order valence-electron chi connectivity index (χ3n) is 4.08. The fourth-order valence-corrected chi connectivity index (χ4v) is 2.94. The Morgan fingerprint density at radius 1 is 1.42 bits per heavy atom. The van der Waals surface area contributed by atoms with Gasteiger partial charge in [-0.1, -0.05) is 0 Å². The Morgan fingerprint density at radius 2 is 2.19 bits per heavy atom. The molecule has 9 heteroatoms. The van der Waals surface area contributed by atoms with E-state index in [1.54, 1.807) is 7.05 Å². The molecule has 0 radical (unpaired) electrons. The van der Waals surface area contributed by atoms with Gasteiger partial charge in [0.1, 0.15) is 17.5 Å². The van der Waals surface area contributed by atoms with Gasteiger partial charge >= 0.3 is 0 Å². The number of alkyl halides is 2. The summed E-state index contributed by atoms with van der Waals surface area (Å²) in [7, 11) is 1.61. The maximum atomic E-state index is 14.2. The minimum Gasteiger partial charge on any atom is -0.483 e. The van der Waals surface area contributed by atoms with Gasteiger partial charge in [0, 0.05) is 18.5 Å². The van der Waals surface area contributed by atoms with Gasteiger partial charge in [0.2, 0.25) is 5.28 Å². The van der Waals surface area contributed by atoms with Crippen LogP contribution < -0.4 is 4.74 Å². The normalized spacial score (nSPS) is 19.8. The van der Waals surface area contributed by atoms with E-state index in [9.17, 15) is 18.4 Å². The Kier molecular flexibility index (Phi) is 5.03. The molecule has 1 unspecified atom stereocenters. The van der Waals surface area contributed by atoms with Crippen molar-refractivity contribution in [2.45, 2.75) is 18.4 Å². The van der Waals surface area contributed by atoms with Crippen LogP contribution in [-0.4, -0.2) is 47.0 Å². The lowest BCUT2D eigenvalue weighted by Gasteiger charge is -2.36. The number of rotatable bonds is 3. The summed E-state index contributed by atoms with van der Waals surface area (Å²) in [5, 5.41) is 9.19. The van der Waals surface area contributed by atoms with Crippen molar-refractivity contribution >= 4 is 11.6 Å². The van der Waals surface area contributed by atoms with Gasteiger partial charge in [-0.05, 0) is 36.8 Å². The first-order valence-corrected chi connectivity index (χ1v) is 8.13. The average Bonchev–Trinajstić information content (AvgIpc) is 2.59. The Hall–Kier alpha value is -2.37. The first kappa shape index (κ1) is 18.4. The van der Waals surface area contributed by atoms with Gasteiger partial charge in [-0.15, -0.1) is 0 Å². The lowest BCUT2D eigenvalue weighted by Crippen LogP contribution is -2.52. The fraction of sp³-hybridized carbons (Fsp3) is 0.353. The van der Waals surface area contributed by atoms with E-state index in [0.717, 1.165) is 6.20 Å². The smallest absolute Gasteiger partial charge is 0.296 e. The van der Waals surface area contributed by atoms with Crippen molar-refractivity contribution in [1.29, 1.82) is 5.26 Å². The number of aromatic nitrogens is 2. The standard InChI is InChI=1S/C17H14ClF3N4O/c1-25-5-4-14(17(20,21)9-25)26-13-3-2-10(6-11(13)7-22)15-12(19)8-23-16(18)24-15/h2-3,6,8,14H,4-5,9H2,1H3. The summed E-state index contributed by atoms with van der Waals surface area (Å²) in [5.41, 5.74) is 0.190. The van der Waals surface area contributed by atoms with Crippen molar-refractivity contribution in [1.82, 2.24) is 14.9 Å². The molecule has 0 amide bonds. The number of halogens is 4. The number of benzene rings is 1. The van der Waals surface area contributed by atoms with Gasteiger partial charge in [-0.25, -0.2) is 23.1 Å². The number of nitriles is 1. The van der Waals surface area contributed by atoms with E-state index >= 15 is 0 Å². The van der Waals surface area contributed by atoms with E-state index in [0.29, 0.717) is 6.54 Å². The van der Waals surface area contributed by atoms with Gasteiger partial charge in [0.05, 0.1) is 18.3 Å². The van der Waals surface area contributed by atoms with Crippen LogP contribution in [0.15, 0.2) is 24.4 Å². The summed E-state index contributed by atoms with van der Waals surface area (Å²) in [6.45, 7) is 0.0488. The van der Waals surface area contributed by atoms with Crippen LogP contribution in [0.25, 0.3) is 11.3 Å². The molecule has 1 aliphatic rings. The lowest BCUT2D eigenvalue weighted by molar-refractivity contribution is -0.135. The first-order chi connectivity index (χ1) is 12.3. The van der Waals surface area contributed by atoms with E-state index in [2.05, 4.69) is 9.97 Å². The van der Waals surface area contributed by atoms with Gasteiger partial charge < -0.3 is 9.64 Å². The van der Waals surface area contributed by atoms with Gasteiger partial charge in [-0.2, -0.15) is 5.26 Å². The fourth-order valence-electron chi connectivity index (χ4n) is 2.80. The zero-order chi connectivity index (χ0) is 18.9. The highest BCUT2D eigenvalue weighted by molar-refractivity contribution is 6.28. The van der Waals surface area contributed by atoms with Crippen molar-refractivity contribution in [2.24, 2.45) is 0 Å². The largest absolute Gasteiger partial charge is 0.483 e. The topological polar surface area (TPSA) is 62.0 Å². The molecule has 1 atom stereocenters. The molecule has 1 fully saturated rings. The Labute approximate surface area is 153 Å². The van der Waals surface area contributed by atoms with E-state index in [-0.39, 0.29) is 34.3 Å². The molecule has 3 rings (SSSR count). The van der Waals surface area contributed by atoms with Gasteiger partial charge in [0.25, 0.3) is 5.92 Å². The van der Waals surface area contributed by atoms with Crippen LogP contribution in [0.3, 0.4) is 0 Å². The molecule has 0 aliphatic carbocycles. The van der Waals surface area contributed by atoms with E-state index < -0.39 is 24.4 Å². The third-order valence-corrected chi connectivity index (χ3v) is 4.26. The number of piperidine rings is 1. The van der Waals surface area contributed by atoms with Crippen molar-refractivity contribution in [2.75, 3.05) is 20.1 Å². The van der Waals surface area contributed by atoms with Crippen LogP contribution in [-0.2, 0) is 0 Å². The average molecular weight is 383 g/mol. The molecule has 2 heterocycles. The third kappa shape index (κ3) is 3.74. The predicted molar refractivity (Wildman–Crippen MR) is 88.6 cm³/mol. The highest BCUT2D eigenvalue weighted by Gasteiger charge is 2.45. The van der Waals surface area contributed by atoms with E-state index in [4.69, 9.17) is 16.3 Å². The molecule has 0 N–H and O–H groups in total. The van der Waals surface area contributed by atoms with E-state index in [1.165, 1.54) is 23.1 Å². The molecule has 136 valence electrons. The summed E-state index contributed by atoms with van der Waals surface area (Å²) in [6.07, 6.45) is -0.284. The molecule has 1 saturated heterocycles. The summed E-state index contributed by atoms with van der Waals surface area (Å²) in [6, 6.07) is 6.00. The highest BCUT2D eigenvalue weighted by atomic mass is 35.5. The zero-order valence-corrected chi connectivity index (χ0v) is 14.5. The Bertz CT molecular complexity index is 872. The van der Waals surface area contributed by atoms with Crippen LogP contribution in [0.4, 0.5) is 13.2 Å². The molecule has 0 bridgehead atoms. The molecule has 1 aromatic heterocycles. The van der Waals surface area contributed by atoms with Gasteiger partial charge in [-0.3, -0.25) is 0 Å². The SMILES string of the molecule is CN1CCC(Oc2ccc(-c3nc(Cl)ncc3F)cc2C#N)C(F)(F)C1.